The van der Waals surface area contributed by atoms with E-state index in [2.05, 4.69) is 15.3 Å². The van der Waals surface area contributed by atoms with Crippen molar-refractivity contribution < 1.29 is 4.74 Å². The minimum atomic E-state index is 0.164. The van der Waals surface area contributed by atoms with Crippen molar-refractivity contribution >= 4 is 11.6 Å². The van der Waals surface area contributed by atoms with Crippen molar-refractivity contribution in [3.63, 3.8) is 0 Å². The van der Waals surface area contributed by atoms with Crippen molar-refractivity contribution in [1.29, 1.82) is 0 Å². The van der Waals surface area contributed by atoms with Crippen molar-refractivity contribution in [2.24, 2.45) is 0 Å². The molecular formula is C10H14ClN3O. The minimum Gasteiger partial charge on any atom is -0.459 e. The molecule has 82 valence electrons. The van der Waals surface area contributed by atoms with Crippen LogP contribution in [-0.2, 0) is 0 Å². The summed E-state index contributed by atoms with van der Waals surface area (Å²) >= 11 is 5.82. The quantitative estimate of drug-likeness (QED) is 0.780. The summed E-state index contributed by atoms with van der Waals surface area (Å²) in [7, 11) is 0. The number of halogens is 1. The lowest BCUT2D eigenvalue weighted by Gasteiger charge is -2.22. The Morgan fingerprint density at radius 1 is 1.53 bits per heavy atom. The van der Waals surface area contributed by atoms with Gasteiger partial charge in [-0.3, -0.25) is 0 Å². The number of piperidine rings is 1. The van der Waals surface area contributed by atoms with Crippen LogP contribution in [-0.4, -0.2) is 29.2 Å². The summed E-state index contributed by atoms with van der Waals surface area (Å²) in [4.78, 5) is 8.21. The molecule has 0 aromatic carbocycles. The van der Waals surface area contributed by atoms with E-state index in [0.717, 1.165) is 31.6 Å². The second kappa shape index (κ2) is 4.77. The Hall–Kier alpha value is -0.870. The third-order valence-corrected chi connectivity index (χ3v) is 2.52. The Kier molecular flexibility index (Phi) is 3.38. The first kappa shape index (κ1) is 10.6. The molecule has 0 radical (unpaired) electrons. The summed E-state index contributed by atoms with van der Waals surface area (Å²) in [5, 5.41) is 3.70. The third kappa shape index (κ3) is 3.04. The van der Waals surface area contributed by atoms with E-state index >= 15 is 0 Å². The van der Waals surface area contributed by atoms with Gasteiger partial charge in [0.15, 0.2) is 0 Å². The number of aryl methyl sites for hydroxylation is 1. The molecule has 0 amide bonds. The lowest BCUT2D eigenvalue weighted by Crippen LogP contribution is -2.37. The van der Waals surface area contributed by atoms with Crippen molar-refractivity contribution in [2.45, 2.75) is 25.9 Å². The topological polar surface area (TPSA) is 47.0 Å². The number of aromatic nitrogens is 2. The number of nitrogens with one attached hydrogen (secondary N) is 1. The first-order valence-corrected chi connectivity index (χ1v) is 5.50. The molecule has 1 aromatic heterocycles. The first-order valence-electron chi connectivity index (χ1n) is 5.12. The Morgan fingerprint density at radius 2 is 2.40 bits per heavy atom. The zero-order valence-corrected chi connectivity index (χ0v) is 9.42. The summed E-state index contributed by atoms with van der Waals surface area (Å²) in [6, 6.07) is 2.10. The van der Waals surface area contributed by atoms with Gasteiger partial charge in [0.1, 0.15) is 11.3 Å². The van der Waals surface area contributed by atoms with E-state index in [-0.39, 0.29) is 6.10 Å². The van der Waals surface area contributed by atoms with Crippen LogP contribution in [0.15, 0.2) is 6.07 Å². The Labute approximate surface area is 94.0 Å². The van der Waals surface area contributed by atoms with Crippen LogP contribution in [0.4, 0.5) is 0 Å². The van der Waals surface area contributed by atoms with Crippen LogP contribution in [0.25, 0.3) is 0 Å². The van der Waals surface area contributed by atoms with Crippen molar-refractivity contribution in [3.8, 4) is 6.01 Å². The summed E-state index contributed by atoms with van der Waals surface area (Å²) in [6.45, 7) is 3.80. The van der Waals surface area contributed by atoms with Gasteiger partial charge in [-0.05, 0) is 32.4 Å². The number of hydrogen-bond donors (Lipinski definition) is 1. The molecule has 0 saturated carbocycles. The van der Waals surface area contributed by atoms with E-state index in [0.29, 0.717) is 11.2 Å². The molecule has 2 heterocycles. The molecular weight excluding hydrogens is 214 g/mol. The average Bonchev–Trinajstić information content (AvgIpc) is 2.17. The molecule has 1 aliphatic heterocycles. The first-order chi connectivity index (χ1) is 7.24. The van der Waals surface area contributed by atoms with Crippen LogP contribution >= 0.6 is 11.6 Å². The summed E-state index contributed by atoms with van der Waals surface area (Å²) in [6.07, 6.45) is 2.34. The molecule has 0 spiro atoms. The molecule has 1 N–H and O–H groups in total. The zero-order chi connectivity index (χ0) is 10.7. The third-order valence-electron chi connectivity index (χ3n) is 2.33. The zero-order valence-electron chi connectivity index (χ0n) is 8.66. The highest BCUT2D eigenvalue weighted by atomic mass is 35.5. The maximum absolute atomic E-state index is 5.82. The van der Waals surface area contributed by atoms with Crippen LogP contribution in [0.3, 0.4) is 0 Å². The lowest BCUT2D eigenvalue weighted by atomic mass is 10.1. The van der Waals surface area contributed by atoms with E-state index < -0.39 is 0 Å². The number of nitrogens with zero attached hydrogens (tertiary/aromatic N) is 2. The molecule has 4 nitrogen and oxygen atoms in total. The molecule has 0 bridgehead atoms. The average molecular weight is 228 g/mol. The number of hydrogen-bond acceptors (Lipinski definition) is 4. The van der Waals surface area contributed by atoms with Crippen LogP contribution in [0.2, 0.25) is 5.15 Å². The summed E-state index contributed by atoms with van der Waals surface area (Å²) in [5.74, 6) is 0. The Bertz CT molecular complexity index is 319. The van der Waals surface area contributed by atoms with Gasteiger partial charge in [0, 0.05) is 12.2 Å². The molecule has 5 heteroatoms. The SMILES string of the molecule is Cc1cc(Cl)nc(OC2CCCNC2)n1. The van der Waals surface area contributed by atoms with Gasteiger partial charge >= 0.3 is 6.01 Å². The maximum Gasteiger partial charge on any atom is 0.318 e. The highest BCUT2D eigenvalue weighted by Crippen LogP contribution is 2.14. The summed E-state index contributed by atoms with van der Waals surface area (Å²) < 4.78 is 5.65. The second-order valence-electron chi connectivity index (χ2n) is 3.70. The van der Waals surface area contributed by atoms with Crippen LogP contribution in [0.1, 0.15) is 18.5 Å². The second-order valence-corrected chi connectivity index (χ2v) is 4.09. The van der Waals surface area contributed by atoms with E-state index in [1.807, 2.05) is 6.92 Å². The van der Waals surface area contributed by atoms with Crippen molar-refractivity contribution in [1.82, 2.24) is 15.3 Å². The fourth-order valence-electron chi connectivity index (χ4n) is 1.63. The van der Waals surface area contributed by atoms with Gasteiger partial charge in [-0.1, -0.05) is 11.6 Å². The molecule has 2 rings (SSSR count). The smallest absolute Gasteiger partial charge is 0.318 e. The lowest BCUT2D eigenvalue weighted by molar-refractivity contribution is 0.153. The number of ether oxygens (including phenoxy) is 1. The summed E-state index contributed by atoms with van der Waals surface area (Å²) in [5.41, 5.74) is 0.828. The molecule has 0 aliphatic carbocycles. The molecule has 1 saturated heterocycles. The predicted molar refractivity (Wildman–Crippen MR) is 58.3 cm³/mol. The fourth-order valence-corrected chi connectivity index (χ4v) is 1.86. The standard InChI is InChI=1S/C10H14ClN3O/c1-7-5-9(11)14-10(13-7)15-8-3-2-4-12-6-8/h5,8,12H,2-4,6H2,1H3. The largest absolute Gasteiger partial charge is 0.459 e. The van der Waals surface area contributed by atoms with Crippen molar-refractivity contribution in [2.75, 3.05) is 13.1 Å². The van der Waals surface area contributed by atoms with Gasteiger partial charge in [-0.25, -0.2) is 4.98 Å². The van der Waals surface area contributed by atoms with Gasteiger partial charge in [-0.2, -0.15) is 4.98 Å². The van der Waals surface area contributed by atoms with Gasteiger partial charge in [0.25, 0.3) is 0 Å². The van der Waals surface area contributed by atoms with Crippen LogP contribution < -0.4 is 10.1 Å². The van der Waals surface area contributed by atoms with Crippen LogP contribution in [0.5, 0.6) is 6.01 Å². The van der Waals surface area contributed by atoms with E-state index in [4.69, 9.17) is 16.3 Å². The maximum atomic E-state index is 5.82. The monoisotopic (exact) mass is 227 g/mol. The van der Waals surface area contributed by atoms with E-state index in [9.17, 15) is 0 Å². The Balaban J connectivity index is 2.02. The van der Waals surface area contributed by atoms with Gasteiger partial charge in [0.2, 0.25) is 0 Å². The van der Waals surface area contributed by atoms with Crippen LogP contribution in [0, 0.1) is 6.92 Å². The van der Waals surface area contributed by atoms with Gasteiger partial charge in [-0.15, -0.1) is 0 Å². The molecule has 1 unspecified atom stereocenters. The molecule has 1 atom stereocenters. The molecule has 1 aromatic rings. The Morgan fingerprint density at radius 3 is 3.07 bits per heavy atom. The highest BCUT2D eigenvalue weighted by Gasteiger charge is 2.15. The van der Waals surface area contributed by atoms with E-state index in [1.165, 1.54) is 0 Å². The minimum absolute atomic E-state index is 0.164. The molecule has 1 aliphatic rings. The predicted octanol–water partition coefficient (Wildman–Crippen LogP) is 1.57. The van der Waals surface area contributed by atoms with Gasteiger partial charge < -0.3 is 10.1 Å². The highest BCUT2D eigenvalue weighted by molar-refractivity contribution is 6.29. The van der Waals surface area contributed by atoms with Crippen molar-refractivity contribution in [3.05, 3.63) is 16.9 Å². The molecule has 1 fully saturated rings. The van der Waals surface area contributed by atoms with Gasteiger partial charge in [0.05, 0.1) is 0 Å². The molecule has 15 heavy (non-hydrogen) atoms. The number of rotatable bonds is 2. The normalized spacial score (nSPS) is 21.3. The van der Waals surface area contributed by atoms with E-state index in [1.54, 1.807) is 6.07 Å². The fraction of sp³-hybridized carbons (Fsp3) is 0.600.